The Bertz CT molecular complexity index is 146. The van der Waals surface area contributed by atoms with Gasteiger partial charge in [-0.2, -0.15) is 0 Å². The molecule has 0 aromatic heterocycles. The van der Waals surface area contributed by atoms with Crippen molar-refractivity contribution in [2.24, 2.45) is 11.8 Å². The maximum absolute atomic E-state index is 5.57. The van der Waals surface area contributed by atoms with Crippen LogP contribution in [0.25, 0.3) is 0 Å². The predicted octanol–water partition coefficient (Wildman–Crippen LogP) is 3.46. The lowest BCUT2D eigenvalue weighted by Gasteiger charge is -2.21. The van der Waals surface area contributed by atoms with Crippen LogP contribution in [-0.2, 0) is 4.74 Å². The number of nitrogens with one attached hydrogen (secondary N) is 1. The highest BCUT2D eigenvalue weighted by molar-refractivity contribution is 4.66. The van der Waals surface area contributed by atoms with E-state index in [0.29, 0.717) is 6.04 Å². The zero-order chi connectivity index (χ0) is 12.4. The third-order valence-electron chi connectivity index (χ3n) is 2.64. The molecule has 0 aliphatic carbocycles. The first-order valence-electron chi connectivity index (χ1n) is 6.87. The van der Waals surface area contributed by atoms with Crippen molar-refractivity contribution in [2.45, 2.75) is 59.9 Å². The lowest BCUT2D eigenvalue weighted by atomic mass is 9.94. The van der Waals surface area contributed by atoms with Crippen molar-refractivity contribution in [1.29, 1.82) is 0 Å². The normalized spacial score (nSPS) is 13.7. The van der Waals surface area contributed by atoms with Crippen molar-refractivity contribution in [1.82, 2.24) is 5.32 Å². The number of ether oxygens (including phenoxy) is 1. The number of hydrogen-bond acceptors (Lipinski definition) is 2. The van der Waals surface area contributed by atoms with Gasteiger partial charge >= 0.3 is 0 Å². The van der Waals surface area contributed by atoms with E-state index in [4.69, 9.17) is 4.74 Å². The summed E-state index contributed by atoms with van der Waals surface area (Å²) in [6, 6.07) is 0.589. The van der Waals surface area contributed by atoms with Crippen LogP contribution < -0.4 is 5.32 Å². The van der Waals surface area contributed by atoms with Gasteiger partial charge in [0.25, 0.3) is 0 Å². The SMILES string of the molecule is CCCOCCC(CNC(C)C)CC(C)C. The quantitative estimate of drug-likeness (QED) is 0.579. The van der Waals surface area contributed by atoms with Crippen molar-refractivity contribution in [3.63, 3.8) is 0 Å². The maximum atomic E-state index is 5.57. The second-order valence-electron chi connectivity index (χ2n) is 5.46. The van der Waals surface area contributed by atoms with E-state index >= 15 is 0 Å². The van der Waals surface area contributed by atoms with Gasteiger partial charge < -0.3 is 10.1 Å². The Balaban J connectivity index is 3.72. The van der Waals surface area contributed by atoms with Crippen LogP contribution in [0.3, 0.4) is 0 Å². The van der Waals surface area contributed by atoms with Crippen LogP contribution in [0.2, 0.25) is 0 Å². The van der Waals surface area contributed by atoms with Gasteiger partial charge in [-0.25, -0.2) is 0 Å². The monoisotopic (exact) mass is 229 g/mol. The Morgan fingerprint density at radius 3 is 2.25 bits per heavy atom. The summed E-state index contributed by atoms with van der Waals surface area (Å²) in [5, 5.41) is 3.54. The summed E-state index contributed by atoms with van der Waals surface area (Å²) < 4.78 is 5.57. The highest BCUT2D eigenvalue weighted by Crippen LogP contribution is 2.15. The van der Waals surface area contributed by atoms with Crippen LogP contribution in [0, 0.1) is 11.8 Å². The standard InChI is InChI=1S/C14H31NO/c1-6-8-16-9-7-14(10-12(2)3)11-15-13(4)5/h12-15H,6-11H2,1-5H3. The van der Waals surface area contributed by atoms with Crippen molar-refractivity contribution in [3.8, 4) is 0 Å². The average molecular weight is 229 g/mol. The van der Waals surface area contributed by atoms with Crippen molar-refractivity contribution in [3.05, 3.63) is 0 Å². The minimum Gasteiger partial charge on any atom is -0.381 e. The zero-order valence-electron chi connectivity index (χ0n) is 11.9. The van der Waals surface area contributed by atoms with Crippen LogP contribution in [0.4, 0.5) is 0 Å². The summed E-state index contributed by atoms with van der Waals surface area (Å²) in [6.45, 7) is 14.1. The van der Waals surface area contributed by atoms with Gasteiger partial charge in [0.2, 0.25) is 0 Å². The molecule has 0 bridgehead atoms. The van der Waals surface area contributed by atoms with E-state index in [0.717, 1.165) is 38.0 Å². The van der Waals surface area contributed by atoms with Gasteiger partial charge in [0.15, 0.2) is 0 Å². The second kappa shape index (κ2) is 10.1. The van der Waals surface area contributed by atoms with E-state index < -0.39 is 0 Å². The zero-order valence-corrected chi connectivity index (χ0v) is 11.9. The van der Waals surface area contributed by atoms with E-state index in [1.807, 2.05) is 0 Å². The number of rotatable bonds is 10. The average Bonchev–Trinajstić information content (AvgIpc) is 2.19. The molecule has 0 saturated carbocycles. The Morgan fingerprint density at radius 2 is 1.75 bits per heavy atom. The molecule has 0 saturated heterocycles. The molecular formula is C14H31NO. The molecule has 1 N–H and O–H groups in total. The third kappa shape index (κ3) is 10.4. The maximum Gasteiger partial charge on any atom is 0.0469 e. The molecule has 1 atom stereocenters. The topological polar surface area (TPSA) is 21.3 Å². The largest absolute Gasteiger partial charge is 0.381 e. The van der Waals surface area contributed by atoms with Gasteiger partial charge in [-0.05, 0) is 37.6 Å². The van der Waals surface area contributed by atoms with Crippen LogP contribution in [-0.4, -0.2) is 25.8 Å². The molecule has 2 nitrogen and oxygen atoms in total. The fourth-order valence-corrected chi connectivity index (χ4v) is 1.87. The van der Waals surface area contributed by atoms with Gasteiger partial charge in [-0.3, -0.25) is 0 Å². The lowest BCUT2D eigenvalue weighted by molar-refractivity contribution is 0.116. The van der Waals surface area contributed by atoms with Crippen molar-refractivity contribution >= 4 is 0 Å². The van der Waals surface area contributed by atoms with Crippen molar-refractivity contribution < 1.29 is 4.74 Å². The molecule has 0 aliphatic rings. The lowest BCUT2D eigenvalue weighted by Crippen LogP contribution is -2.30. The van der Waals surface area contributed by atoms with Gasteiger partial charge in [-0.15, -0.1) is 0 Å². The molecule has 0 aromatic rings. The Hall–Kier alpha value is -0.0800. The highest BCUT2D eigenvalue weighted by Gasteiger charge is 2.11. The molecule has 0 spiro atoms. The fourth-order valence-electron chi connectivity index (χ4n) is 1.87. The highest BCUT2D eigenvalue weighted by atomic mass is 16.5. The summed E-state index contributed by atoms with van der Waals surface area (Å²) in [6.07, 6.45) is 3.62. The van der Waals surface area contributed by atoms with E-state index in [-0.39, 0.29) is 0 Å². The first-order valence-corrected chi connectivity index (χ1v) is 6.87. The van der Waals surface area contributed by atoms with Gasteiger partial charge in [-0.1, -0.05) is 34.6 Å². The number of hydrogen-bond donors (Lipinski definition) is 1. The first-order chi connectivity index (χ1) is 7.56. The molecule has 0 aliphatic heterocycles. The molecule has 0 rings (SSSR count). The summed E-state index contributed by atoms with van der Waals surface area (Å²) in [5.74, 6) is 1.55. The third-order valence-corrected chi connectivity index (χ3v) is 2.64. The Labute approximate surface area is 102 Å². The summed E-state index contributed by atoms with van der Waals surface area (Å²) in [5.41, 5.74) is 0. The van der Waals surface area contributed by atoms with E-state index in [9.17, 15) is 0 Å². The van der Waals surface area contributed by atoms with E-state index in [2.05, 4.69) is 39.9 Å². The van der Waals surface area contributed by atoms with Crippen molar-refractivity contribution in [2.75, 3.05) is 19.8 Å². The summed E-state index contributed by atoms with van der Waals surface area (Å²) in [7, 11) is 0. The molecule has 0 heterocycles. The van der Waals surface area contributed by atoms with Gasteiger partial charge in [0.1, 0.15) is 0 Å². The predicted molar refractivity (Wildman–Crippen MR) is 71.8 cm³/mol. The van der Waals surface area contributed by atoms with E-state index in [1.54, 1.807) is 0 Å². The molecule has 0 fully saturated rings. The fraction of sp³-hybridized carbons (Fsp3) is 1.00. The molecule has 1 unspecified atom stereocenters. The van der Waals surface area contributed by atoms with Crippen LogP contribution in [0.15, 0.2) is 0 Å². The smallest absolute Gasteiger partial charge is 0.0469 e. The Morgan fingerprint density at radius 1 is 1.06 bits per heavy atom. The molecule has 16 heavy (non-hydrogen) atoms. The first kappa shape index (κ1) is 15.9. The second-order valence-corrected chi connectivity index (χ2v) is 5.46. The van der Waals surface area contributed by atoms with Gasteiger partial charge in [0.05, 0.1) is 0 Å². The molecule has 2 heteroatoms. The molecule has 0 amide bonds. The molecule has 0 aromatic carbocycles. The van der Waals surface area contributed by atoms with Gasteiger partial charge in [0, 0.05) is 19.3 Å². The summed E-state index contributed by atoms with van der Waals surface area (Å²) in [4.78, 5) is 0. The Kier molecular flexibility index (Phi) is 10.0. The van der Waals surface area contributed by atoms with E-state index in [1.165, 1.54) is 12.8 Å². The molecule has 0 radical (unpaired) electrons. The van der Waals surface area contributed by atoms with Crippen LogP contribution in [0.1, 0.15) is 53.9 Å². The summed E-state index contributed by atoms with van der Waals surface area (Å²) >= 11 is 0. The van der Waals surface area contributed by atoms with Crippen LogP contribution in [0.5, 0.6) is 0 Å². The van der Waals surface area contributed by atoms with Crippen LogP contribution >= 0.6 is 0 Å². The molecular weight excluding hydrogens is 198 g/mol. The minimum atomic E-state index is 0.589. The molecule has 98 valence electrons. The minimum absolute atomic E-state index is 0.589.